The van der Waals surface area contributed by atoms with Gasteiger partial charge in [-0.1, -0.05) is 30.3 Å². The summed E-state index contributed by atoms with van der Waals surface area (Å²) >= 11 is 0. The maximum absolute atomic E-state index is 13.3. The molecule has 3 nitrogen and oxygen atoms in total. The van der Waals surface area contributed by atoms with Crippen LogP contribution in [-0.2, 0) is 15.3 Å². The normalized spacial score (nSPS) is 12.8. The molecule has 0 aliphatic rings. The minimum absolute atomic E-state index is 0.547. The molecule has 0 bridgehead atoms. The number of nitrogens with one attached hydrogen (secondary N) is 1. The van der Waals surface area contributed by atoms with Crippen LogP contribution in [0.15, 0.2) is 30.3 Å². The van der Waals surface area contributed by atoms with Crippen LogP contribution in [0.2, 0.25) is 0 Å². The first-order valence-electron chi connectivity index (χ1n) is 3.78. The van der Waals surface area contributed by atoms with E-state index >= 15 is 0 Å². The van der Waals surface area contributed by atoms with Crippen LogP contribution < -0.4 is 4.72 Å². The molecule has 1 N–H and O–H groups in total. The van der Waals surface area contributed by atoms with E-state index in [1.165, 1.54) is 18.2 Å². The Balaban J connectivity index is 3.22. The van der Waals surface area contributed by atoms with Gasteiger partial charge in [0.05, 0.1) is 0 Å². The van der Waals surface area contributed by atoms with E-state index in [9.17, 15) is 17.2 Å². The molecule has 0 aliphatic heterocycles. The molecule has 0 atom stereocenters. The van der Waals surface area contributed by atoms with Crippen LogP contribution in [0.25, 0.3) is 0 Å². The molecule has 0 radical (unpaired) electrons. The lowest BCUT2D eigenvalue weighted by molar-refractivity contribution is 0.0892. The Hall–Kier alpha value is -1.01. The zero-order valence-electron chi connectivity index (χ0n) is 7.37. The van der Waals surface area contributed by atoms with Crippen LogP contribution in [0.5, 0.6) is 0 Å². The average Bonchev–Trinajstić information content (AvgIpc) is 2.19. The van der Waals surface area contributed by atoms with Gasteiger partial charge in [0.1, 0.15) is 0 Å². The van der Waals surface area contributed by atoms with Crippen LogP contribution in [-0.4, -0.2) is 15.5 Å². The summed E-state index contributed by atoms with van der Waals surface area (Å²) in [5.74, 6) is 0. The van der Waals surface area contributed by atoms with Crippen molar-refractivity contribution in [3.8, 4) is 0 Å². The SMILES string of the molecule is CNS(=O)(=O)C(F)(F)c1ccccc1. The highest BCUT2D eigenvalue weighted by atomic mass is 32.2. The van der Waals surface area contributed by atoms with E-state index in [-0.39, 0.29) is 0 Å². The minimum atomic E-state index is -4.63. The van der Waals surface area contributed by atoms with Gasteiger partial charge in [0, 0.05) is 5.56 Å². The fourth-order valence-electron chi connectivity index (χ4n) is 0.916. The number of sulfonamides is 1. The lowest BCUT2D eigenvalue weighted by Crippen LogP contribution is -2.35. The highest BCUT2D eigenvalue weighted by molar-refractivity contribution is 7.90. The quantitative estimate of drug-likeness (QED) is 0.835. The Bertz CT molecular complexity index is 403. The molecule has 0 aliphatic carbocycles. The predicted octanol–water partition coefficient (Wildman–Crippen LogP) is 1.29. The molecule has 6 heteroatoms. The van der Waals surface area contributed by atoms with Gasteiger partial charge in [-0.3, -0.25) is 0 Å². The number of halogens is 2. The van der Waals surface area contributed by atoms with Crippen molar-refractivity contribution in [3.63, 3.8) is 0 Å². The molecule has 0 saturated heterocycles. The van der Waals surface area contributed by atoms with E-state index in [0.717, 1.165) is 19.2 Å². The van der Waals surface area contributed by atoms with Crippen molar-refractivity contribution in [2.75, 3.05) is 7.05 Å². The predicted molar refractivity (Wildman–Crippen MR) is 48.3 cm³/mol. The third-order valence-electron chi connectivity index (χ3n) is 1.72. The van der Waals surface area contributed by atoms with Gasteiger partial charge in [-0.15, -0.1) is 0 Å². The third kappa shape index (κ3) is 1.76. The summed E-state index contributed by atoms with van der Waals surface area (Å²) in [5, 5.41) is -3.90. The van der Waals surface area contributed by atoms with Gasteiger partial charge < -0.3 is 0 Å². The lowest BCUT2D eigenvalue weighted by Gasteiger charge is -2.15. The van der Waals surface area contributed by atoms with Crippen LogP contribution >= 0.6 is 0 Å². The summed E-state index contributed by atoms with van der Waals surface area (Å²) in [4.78, 5) is 0. The molecule has 0 unspecified atom stereocenters. The largest absolute Gasteiger partial charge is 0.384 e. The monoisotopic (exact) mass is 221 g/mol. The van der Waals surface area contributed by atoms with Crippen molar-refractivity contribution in [2.45, 2.75) is 5.25 Å². The fraction of sp³-hybridized carbons (Fsp3) is 0.250. The molecular weight excluding hydrogens is 212 g/mol. The van der Waals surface area contributed by atoms with E-state index in [4.69, 9.17) is 0 Å². The average molecular weight is 221 g/mol. The topological polar surface area (TPSA) is 46.2 Å². The molecule has 78 valence electrons. The second-order valence-electron chi connectivity index (χ2n) is 2.59. The molecule has 0 spiro atoms. The van der Waals surface area contributed by atoms with E-state index in [2.05, 4.69) is 0 Å². The van der Waals surface area contributed by atoms with Gasteiger partial charge in [-0.2, -0.15) is 8.78 Å². The molecular formula is C8H9F2NO2S. The molecule has 0 saturated carbocycles. The third-order valence-corrected chi connectivity index (χ3v) is 3.16. The van der Waals surface area contributed by atoms with Crippen molar-refractivity contribution < 1.29 is 17.2 Å². The first-order valence-corrected chi connectivity index (χ1v) is 5.26. The number of hydrogen-bond acceptors (Lipinski definition) is 2. The fourth-order valence-corrected chi connectivity index (χ4v) is 1.62. The van der Waals surface area contributed by atoms with Gasteiger partial charge in [-0.05, 0) is 7.05 Å². The summed E-state index contributed by atoms with van der Waals surface area (Å²) in [6, 6.07) is 6.37. The van der Waals surface area contributed by atoms with Crippen molar-refractivity contribution in [1.82, 2.24) is 4.72 Å². The van der Waals surface area contributed by atoms with Crippen molar-refractivity contribution >= 4 is 10.0 Å². The van der Waals surface area contributed by atoms with Gasteiger partial charge in [0.2, 0.25) is 0 Å². The maximum Gasteiger partial charge on any atom is 0.384 e. The summed E-state index contributed by atoms with van der Waals surface area (Å²) in [5.41, 5.74) is -0.547. The van der Waals surface area contributed by atoms with Crippen molar-refractivity contribution in [3.05, 3.63) is 35.9 Å². The summed E-state index contributed by atoms with van der Waals surface area (Å²) in [6.07, 6.45) is 0. The molecule has 0 heterocycles. The zero-order valence-corrected chi connectivity index (χ0v) is 8.18. The van der Waals surface area contributed by atoms with Gasteiger partial charge in [0.25, 0.3) is 10.0 Å². The smallest absolute Gasteiger partial charge is 0.213 e. The zero-order chi connectivity index (χ0) is 10.8. The first-order chi connectivity index (χ1) is 6.42. The van der Waals surface area contributed by atoms with Crippen LogP contribution in [0.3, 0.4) is 0 Å². The molecule has 1 aromatic rings. The molecule has 0 amide bonds. The molecule has 1 rings (SSSR count). The van der Waals surface area contributed by atoms with Crippen LogP contribution in [0.1, 0.15) is 5.56 Å². The van der Waals surface area contributed by atoms with Gasteiger partial charge in [0.15, 0.2) is 0 Å². The van der Waals surface area contributed by atoms with Gasteiger partial charge >= 0.3 is 5.25 Å². The number of hydrogen-bond donors (Lipinski definition) is 1. The standard InChI is InChI=1S/C8H9F2NO2S/c1-11-14(12,13)8(9,10)7-5-3-2-4-6-7/h2-6,11H,1H3. The van der Waals surface area contributed by atoms with E-state index in [1.54, 1.807) is 4.72 Å². The molecule has 0 fully saturated rings. The highest BCUT2D eigenvalue weighted by Crippen LogP contribution is 2.32. The summed E-state index contributed by atoms with van der Waals surface area (Å²) < 4.78 is 50.1. The Kier molecular flexibility index (Phi) is 2.86. The molecule has 14 heavy (non-hydrogen) atoms. The lowest BCUT2D eigenvalue weighted by atomic mass is 10.2. The molecule has 0 aromatic heterocycles. The van der Waals surface area contributed by atoms with E-state index in [0.29, 0.717) is 0 Å². The number of alkyl halides is 2. The Morgan fingerprint density at radius 2 is 1.71 bits per heavy atom. The van der Waals surface area contributed by atoms with Gasteiger partial charge in [-0.25, -0.2) is 13.1 Å². The summed E-state index contributed by atoms with van der Waals surface area (Å²) in [6.45, 7) is 0. The van der Waals surface area contributed by atoms with E-state index < -0.39 is 20.8 Å². The van der Waals surface area contributed by atoms with Crippen molar-refractivity contribution in [1.29, 1.82) is 0 Å². The second kappa shape index (κ2) is 3.62. The number of benzene rings is 1. The molecule has 1 aromatic carbocycles. The Morgan fingerprint density at radius 1 is 1.21 bits per heavy atom. The maximum atomic E-state index is 13.3. The Labute approximate surface area is 80.8 Å². The van der Waals surface area contributed by atoms with Crippen LogP contribution in [0.4, 0.5) is 8.78 Å². The Morgan fingerprint density at radius 3 is 2.14 bits per heavy atom. The van der Waals surface area contributed by atoms with Crippen molar-refractivity contribution in [2.24, 2.45) is 0 Å². The number of rotatable bonds is 3. The minimum Gasteiger partial charge on any atom is -0.213 e. The second-order valence-corrected chi connectivity index (χ2v) is 4.52. The van der Waals surface area contributed by atoms with Crippen LogP contribution in [0, 0.1) is 0 Å². The summed E-state index contributed by atoms with van der Waals surface area (Å²) in [7, 11) is -3.68. The first kappa shape index (κ1) is 11.1. The van der Waals surface area contributed by atoms with E-state index in [1.807, 2.05) is 0 Å². The highest BCUT2D eigenvalue weighted by Gasteiger charge is 2.45.